The molecule has 2 heterocycles. The van der Waals surface area contributed by atoms with Crippen molar-refractivity contribution in [3.63, 3.8) is 0 Å². The van der Waals surface area contributed by atoms with E-state index in [0.29, 0.717) is 25.9 Å². The highest BCUT2D eigenvalue weighted by atomic mass is 16.5. The summed E-state index contributed by atoms with van der Waals surface area (Å²) in [7, 11) is 1.60. The largest absolute Gasteiger partial charge is 0.497 e. The van der Waals surface area contributed by atoms with Crippen molar-refractivity contribution in [1.29, 1.82) is 0 Å². The first kappa shape index (κ1) is 26.7. The van der Waals surface area contributed by atoms with Gasteiger partial charge in [-0.3, -0.25) is 14.5 Å². The number of amides is 4. The summed E-state index contributed by atoms with van der Waals surface area (Å²) in [6, 6.07) is 17.0. The molecule has 2 aromatic rings. The van der Waals surface area contributed by atoms with E-state index in [1.54, 1.807) is 7.11 Å². The first-order valence-corrected chi connectivity index (χ1v) is 13.0. The molecule has 1 spiro atoms. The standard InChI is InChI=1S/C29H38N4O4/c1-28(2,3)25(34)30-24(22-8-6-5-7-9-22)14-17-32-18-15-29(16-19-32)26(35)33(27(36)31-29)20-21-10-12-23(37-4)13-11-21/h5-13,24H,14-20H2,1-4H3,(H,30,34)(H,31,36). The predicted octanol–water partition coefficient (Wildman–Crippen LogP) is 3.88. The number of ether oxygens (including phenoxy) is 1. The Hall–Kier alpha value is -3.39. The molecule has 2 aliphatic rings. The molecule has 198 valence electrons. The van der Waals surface area contributed by atoms with Gasteiger partial charge < -0.3 is 20.3 Å². The minimum atomic E-state index is -0.834. The minimum Gasteiger partial charge on any atom is -0.497 e. The SMILES string of the molecule is COc1ccc(CN2C(=O)NC3(CCN(CCC(NC(=O)C(C)(C)C)c4ccccc4)CC3)C2=O)cc1. The summed E-state index contributed by atoms with van der Waals surface area (Å²) >= 11 is 0. The lowest BCUT2D eigenvalue weighted by atomic mass is 9.87. The fourth-order valence-electron chi connectivity index (χ4n) is 4.92. The highest BCUT2D eigenvalue weighted by Gasteiger charge is 2.52. The molecule has 4 amide bonds. The molecule has 0 radical (unpaired) electrons. The molecule has 8 nitrogen and oxygen atoms in total. The van der Waals surface area contributed by atoms with E-state index in [2.05, 4.69) is 15.5 Å². The zero-order valence-electron chi connectivity index (χ0n) is 22.3. The van der Waals surface area contributed by atoms with Crippen LogP contribution in [0.1, 0.15) is 57.2 Å². The molecule has 2 aliphatic heterocycles. The van der Waals surface area contributed by atoms with Gasteiger partial charge in [-0.1, -0.05) is 63.2 Å². The molecule has 37 heavy (non-hydrogen) atoms. The molecule has 2 saturated heterocycles. The van der Waals surface area contributed by atoms with Crippen LogP contribution in [0.15, 0.2) is 54.6 Å². The molecular weight excluding hydrogens is 468 g/mol. The Bertz CT molecular complexity index is 1100. The van der Waals surface area contributed by atoms with Crippen LogP contribution < -0.4 is 15.4 Å². The third-order valence-electron chi connectivity index (χ3n) is 7.38. The number of rotatable bonds is 8. The highest BCUT2D eigenvalue weighted by Crippen LogP contribution is 2.31. The maximum atomic E-state index is 13.3. The minimum absolute atomic E-state index is 0.0233. The molecule has 8 heteroatoms. The first-order valence-electron chi connectivity index (χ1n) is 13.0. The highest BCUT2D eigenvalue weighted by molar-refractivity contribution is 6.07. The molecule has 2 aromatic carbocycles. The maximum absolute atomic E-state index is 13.3. The third kappa shape index (κ3) is 6.13. The fraction of sp³-hybridized carbons (Fsp3) is 0.483. The summed E-state index contributed by atoms with van der Waals surface area (Å²) in [4.78, 5) is 42.4. The van der Waals surface area contributed by atoms with Gasteiger partial charge in [0.15, 0.2) is 0 Å². The molecule has 2 N–H and O–H groups in total. The molecule has 4 rings (SSSR count). The van der Waals surface area contributed by atoms with Crippen molar-refractivity contribution < 1.29 is 19.1 Å². The number of methoxy groups -OCH3 is 1. The molecule has 0 aromatic heterocycles. The quantitative estimate of drug-likeness (QED) is 0.531. The average Bonchev–Trinajstić information content (AvgIpc) is 3.11. The second kappa shape index (κ2) is 10.9. The number of carbonyl (C=O) groups excluding carboxylic acids is 3. The molecule has 2 fully saturated rings. The maximum Gasteiger partial charge on any atom is 0.325 e. The Labute approximate surface area is 219 Å². The molecule has 0 saturated carbocycles. The van der Waals surface area contributed by atoms with Gasteiger partial charge in [0.05, 0.1) is 19.7 Å². The van der Waals surface area contributed by atoms with Crippen LogP contribution in [0.5, 0.6) is 5.75 Å². The molecular formula is C29H38N4O4. The van der Waals surface area contributed by atoms with Crippen LogP contribution in [0.2, 0.25) is 0 Å². The zero-order valence-corrected chi connectivity index (χ0v) is 22.3. The number of likely N-dealkylation sites (tertiary alicyclic amines) is 1. The smallest absolute Gasteiger partial charge is 0.325 e. The normalized spacial score (nSPS) is 18.5. The van der Waals surface area contributed by atoms with E-state index in [-0.39, 0.29) is 30.4 Å². The Morgan fingerprint density at radius 3 is 2.30 bits per heavy atom. The van der Waals surface area contributed by atoms with Crippen LogP contribution in [-0.4, -0.2) is 59.9 Å². The third-order valence-corrected chi connectivity index (χ3v) is 7.38. The van der Waals surface area contributed by atoms with Gasteiger partial charge in [-0.2, -0.15) is 0 Å². The number of piperidine rings is 1. The van der Waals surface area contributed by atoms with Gasteiger partial charge in [0.2, 0.25) is 5.91 Å². The van der Waals surface area contributed by atoms with Crippen LogP contribution in [-0.2, 0) is 16.1 Å². The number of imide groups is 1. The van der Waals surface area contributed by atoms with E-state index in [9.17, 15) is 14.4 Å². The number of hydrogen-bond donors (Lipinski definition) is 2. The van der Waals surface area contributed by atoms with E-state index >= 15 is 0 Å². The summed E-state index contributed by atoms with van der Waals surface area (Å²) in [6.07, 6.45) is 1.91. The molecule has 1 atom stereocenters. The van der Waals surface area contributed by atoms with Crippen LogP contribution in [0.25, 0.3) is 0 Å². The first-order chi connectivity index (χ1) is 17.6. The summed E-state index contributed by atoms with van der Waals surface area (Å²) < 4.78 is 5.19. The number of benzene rings is 2. The molecule has 1 unspecified atom stereocenters. The van der Waals surface area contributed by atoms with Crippen LogP contribution >= 0.6 is 0 Å². The van der Waals surface area contributed by atoms with Crippen molar-refractivity contribution >= 4 is 17.8 Å². The van der Waals surface area contributed by atoms with Gasteiger partial charge in [0, 0.05) is 25.0 Å². The monoisotopic (exact) mass is 506 g/mol. The topological polar surface area (TPSA) is 91.0 Å². The van der Waals surface area contributed by atoms with Crippen LogP contribution in [0.4, 0.5) is 4.79 Å². The second-order valence-corrected chi connectivity index (χ2v) is 11.1. The summed E-state index contributed by atoms with van der Waals surface area (Å²) in [5, 5.41) is 6.21. The molecule has 0 bridgehead atoms. The Kier molecular flexibility index (Phi) is 7.87. The average molecular weight is 507 g/mol. The van der Waals surface area contributed by atoms with E-state index in [1.165, 1.54) is 4.90 Å². The lowest BCUT2D eigenvalue weighted by molar-refractivity contribution is -0.133. The van der Waals surface area contributed by atoms with Crippen LogP contribution in [0, 0.1) is 5.41 Å². The van der Waals surface area contributed by atoms with Crippen molar-refractivity contribution in [3.05, 3.63) is 65.7 Å². The van der Waals surface area contributed by atoms with Gasteiger partial charge in [-0.25, -0.2) is 4.79 Å². The van der Waals surface area contributed by atoms with E-state index in [0.717, 1.165) is 29.8 Å². The van der Waals surface area contributed by atoms with Gasteiger partial charge in [0.25, 0.3) is 5.91 Å². The second-order valence-electron chi connectivity index (χ2n) is 11.1. The Balaban J connectivity index is 1.34. The lowest BCUT2D eigenvalue weighted by Crippen LogP contribution is -2.55. The summed E-state index contributed by atoms with van der Waals surface area (Å²) in [5.74, 6) is 0.611. The Morgan fingerprint density at radius 2 is 1.70 bits per heavy atom. The summed E-state index contributed by atoms with van der Waals surface area (Å²) in [6.45, 7) is 8.19. The summed E-state index contributed by atoms with van der Waals surface area (Å²) in [5.41, 5.74) is 0.659. The van der Waals surface area contributed by atoms with Crippen LogP contribution in [0.3, 0.4) is 0 Å². The van der Waals surface area contributed by atoms with Gasteiger partial charge in [-0.05, 0) is 42.5 Å². The van der Waals surface area contributed by atoms with Crippen molar-refractivity contribution in [2.45, 2.75) is 58.2 Å². The number of carbonyl (C=O) groups is 3. The molecule has 0 aliphatic carbocycles. The van der Waals surface area contributed by atoms with Crippen molar-refractivity contribution in [3.8, 4) is 5.75 Å². The number of hydrogen-bond acceptors (Lipinski definition) is 5. The van der Waals surface area contributed by atoms with Crippen molar-refractivity contribution in [2.75, 3.05) is 26.7 Å². The lowest BCUT2D eigenvalue weighted by Gasteiger charge is -2.38. The number of nitrogens with one attached hydrogen (secondary N) is 2. The van der Waals surface area contributed by atoms with E-state index < -0.39 is 11.0 Å². The number of urea groups is 1. The van der Waals surface area contributed by atoms with Gasteiger partial charge >= 0.3 is 6.03 Å². The Morgan fingerprint density at radius 1 is 1.05 bits per heavy atom. The van der Waals surface area contributed by atoms with Crippen molar-refractivity contribution in [2.24, 2.45) is 5.41 Å². The fourth-order valence-corrected chi connectivity index (χ4v) is 4.92. The zero-order chi connectivity index (χ0) is 26.6. The van der Waals surface area contributed by atoms with E-state index in [4.69, 9.17) is 4.74 Å². The number of nitrogens with zero attached hydrogens (tertiary/aromatic N) is 2. The van der Waals surface area contributed by atoms with Crippen molar-refractivity contribution in [1.82, 2.24) is 20.4 Å². The van der Waals surface area contributed by atoms with Gasteiger partial charge in [-0.15, -0.1) is 0 Å². The van der Waals surface area contributed by atoms with E-state index in [1.807, 2.05) is 75.4 Å². The predicted molar refractivity (Wildman–Crippen MR) is 142 cm³/mol. The van der Waals surface area contributed by atoms with Gasteiger partial charge in [0.1, 0.15) is 11.3 Å².